The number of nitrogens with one attached hydrogen (secondary N) is 3. The van der Waals surface area contributed by atoms with Crippen molar-refractivity contribution in [2.45, 2.75) is 32.4 Å². The normalized spacial score (nSPS) is 12.7. The Morgan fingerprint density at radius 3 is 2.03 bits per heavy atom. The quantitative estimate of drug-likeness (QED) is 0.521. The van der Waals surface area contributed by atoms with Crippen molar-refractivity contribution in [2.24, 2.45) is 5.92 Å². The average Bonchev–Trinajstić information content (AvgIpc) is 2.71. The molecule has 0 aliphatic heterocycles. The van der Waals surface area contributed by atoms with Gasteiger partial charge in [0, 0.05) is 13.1 Å². The highest BCUT2D eigenvalue weighted by Crippen LogP contribution is 2.15. The third-order valence-corrected chi connectivity index (χ3v) is 4.51. The van der Waals surface area contributed by atoms with Crippen LogP contribution in [0.25, 0.3) is 0 Å². The van der Waals surface area contributed by atoms with Gasteiger partial charge in [0.2, 0.25) is 5.91 Å². The van der Waals surface area contributed by atoms with Crippen molar-refractivity contribution in [1.82, 2.24) is 16.0 Å². The number of rotatable bonds is 9. The molecule has 0 saturated carbocycles. The van der Waals surface area contributed by atoms with Crippen LogP contribution in [-0.2, 0) is 16.1 Å². The molecule has 7 nitrogen and oxygen atoms in total. The molecule has 154 valence electrons. The number of carboxylic acids is 1. The number of amides is 3. The Morgan fingerprint density at radius 1 is 0.897 bits per heavy atom. The van der Waals surface area contributed by atoms with Gasteiger partial charge in [0.25, 0.3) is 0 Å². The Bertz CT molecular complexity index is 809. The molecule has 2 rings (SSSR count). The number of hydrogen-bond acceptors (Lipinski definition) is 3. The molecule has 2 unspecified atom stereocenters. The maximum absolute atomic E-state index is 12.6. The minimum Gasteiger partial charge on any atom is -0.481 e. The first kappa shape index (κ1) is 21.9. The first-order valence-corrected chi connectivity index (χ1v) is 9.52. The zero-order chi connectivity index (χ0) is 21.2. The van der Waals surface area contributed by atoms with E-state index in [9.17, 15) is 19.5 Å². The minimum atomic E-state index is -1.02. The van der Waals surface area contributed by atoms with Crippen molar-refractivity contribution in [1.29, 1.82) is 0 Å². The number of urea groups is 1. The molecule has 4 N–H and O–H groups in total. The number of benzene rings is 2. The molecule has 0 heterocycles. The van der Waals surface area contributed by atoms with Crippen molar-refractivity contribution in [3.05, 3.63) is 71.8 Å². The van der Waals surface area contributed by atoms with Crippen LogP contribution in [-0.4, -0.2) is 35.6 Å². The van der Waals surface area contributed by atoms with Crippen LogP contribution in [0.3, 0.4) is 0 Å². The number of carboxylic acid groups (broad SMARTS) is 1. The summed E-state index contributed by atoms with van der Waals surface area (Å²) in [5.41, 5.74) is 1.55. The van der Waals surface area contributed by atoms with E-state index in [4.69, 9.17) is 0 Å². The van der Waals surface area contributed by atoms with E-state index in [0.29, 0.717) is 12.1 Å². The highest BCUT2D eigenvalue weighted by molar-refractivity contribution is 5.88. The number of aliphatic carboxylic acids is 1. The van der Waals surface area contributed by atoms with Crippen LogP contribution >= 0.6 is 0 Å². The molecule has 0 radical (unpaired) electrons. The van der Waals surface area contributed by atoms with Gasteiger partial charge in [-0.15, -0.1) is 0 Å². The summed E-state index contributed by atoms with van der Waals surface area (Å²) in [6, 6.07) is 16.9. The topological polar surface area (TPSA) is 108 Å². The van der Waals surface area contributed by atoms with E-state index in [-0.39, 0.29) is 12.5 Å². The molecular weight excluding hydrogens is 370 g/mol. The summed E-state index contributed by atoms with van der Waals surface area (Å²) in [5, 5.41) is 17.5. The van der Waals surface area contributed by atoms with Gasteiger partial charge in [-0.1, -0.05) is 74.5 Å². The fourth-order valence-corrected chi connectivity index (χ4v) is 2.85. The molecule has 0 bridgehead atoms. The largest absolute Gasteiger partial charge is 0.481 e. The highest BCUT2D eigenvalue weighted by atomic mass is 16.4. The Balaban J connectivity index is 1.92. The first-order chi connectivity index (χ1) is 13.9. The number of carbonyl (C=O) groups is 3. The van der Waals surface area contributed by atoms with Gasteiger partial charge in [0.05, 0.1) is 5.92 Å². The zero-order valence-corrected chi connectivity index (χ0v) is 16.6. The molecule has 0 spiro atoms. The van der Waals surface area contributed by atoms with Crippen LogP contribution in [0.5, 0.6) is 0 Å². The van der Waals surface area contributed by atoms with Gasteiger partial charge in [-0.25, -0.2) is 4.79 Å². The molecule has 0 aromatic heterocycles. The van der Waals surface area contributed by atoms with Gasteiger partial charge in [0.1, 0.15) is 6.04 Å². The van der Waals surface area contributed by atoms with E-state index in [1.165, 1.54) is 0 Å². The standard InChI is InChI=1S/C22H27N3O4/c1-15(2)19(25-22(29)24-13-16-9-5-3-6-10-16)20(26)23-14-18(21(27)28)17-11-7-4-8-12-17/h3-12,15,18-19H,13-14H2,1-2H3,(H,23,26)(H,27,28)(H2,24,25,29). The lowest BCUT2D eigenvalue weighted by atomic mass is 9.98. The van der Waals surface area contributed by atoms with Crippen LogP contribution in [0.2, 0.25) is 0 Å². The van der Waals surface area contributed by atoms with Crippen molar-refractivity contribution in [3.63, 3.8) is 0 Å². The van der Waals surface area contributed by atoms with Crippen LogP contribution in [0.1, 0.15) is 30.9 Å². The van der Waals surface area contributed by atoms with E-state index in [2.05, 4.69) is 16.0 Å². The SMILES string of the molecule is CC(C)C(NC(=O)NCc1ccccc1)C(=O)NCC(C(=O)O)c1ccccc1. The molecule has 29 heavy (non-hydrogen) atoms. The second-order valence-corrected chi connectivity index (χ2v) is 7.08. The molecule has 3 amide bonds. The van der Waals surface area contributed by atoms with Gasteiger partial charge < -0.3 is 21.1 Å². The predicted molar refractivity (Wildman–Crippen MR) is 110 cm³/mol. The maximum Gasteiger partial charge on any atom is 0.315 e. The molecule has 0 saturated heterocycles. The Kier molecular flexibility index (Phi) is 8.21. The van der Waals surface area contributed by atoms with E-state index >= 15 is 0 Å². The maximum atomic E-state index is 12.6. The van der Waals surface area contributed by atoms with Crippen molar-refractivity contribution < 1.29 is 19.5 Å². The lowest BCUT2D eigenvalue weighted by Gasteiger charge is -2.23. The molecule has 0 fully saturated rings. The fraction of sp³-hybridized carbons (Fsp3) is 0.318. The second-order valence-electron chi connectivity index (χ2n) is 7.08. The summed E-state index contributed by atoms with van der Waals surface area (Å²) in [6.45, 7) is 3.91. The summed E-state index contributed by atoms with van der Waals surface area (Å²) in [5.74, 6) is -2.47. The molecule has 2 aromatic carbocycles. The first-order valence-electron chi connectivity index (χ1n) is 9.52. The highest BCUT2D eigenvalue weighted by Gasteiger charge is 2.26. The van der Waals surface area contributed by atoms with E-state index in [1.807, 2.05) is 44.2 Å². The lowest BCUT2D eigenvalue weighted by Crippen LogP contribution is -2.53. The summed E-state index contributed by atoms with van der Waals surface area (Å²) in [6.07, 6.45) is 0. The van der Waals surface area contributed by atoms with Crippen LogP contribution in [0.4, 0.5) is 4.79 Å². The second kappa shape index (κ2) is 10.8. The van der Waals surface area contributed by atoms with E-state index in [1.54, 1.807) is 30.3 Å². The van der Waals surface area contributed by atoms with Crippen molar-refractivity contribution in [3.8, 4) is 0 Å². The summed E-state index contributed by atoms with van der Waals surface area (Å²) < 4.78 is 0. The minimum absolute atomic E-state index is 0.0608. The van der Waals surface area contributed by atoms with Gasteiger partial charge in [-0.2, -0.15) is 0 Å². The van der Waals surface area contributed by atoms with E-state index in [0.717, 1.165) is 5.56 Å². The predicted octanol–water partition coefficient (Wildman–Crippen LogP) is 2.50. The number of hydrogen-bond donors (Lipinski definition) is 4. The van der Waals surface area contributed by atoms with Gasteiger partial charge in [-0.05, 0) is 17.0 Å². The number of carbonyl (C=O) groups excluding carboxylic acids is 2. The van der Waals surface area contributed by atoms with Crippen LogP contribution in [0, 0.1) is 5.92 Å². The Hall–Kier alpha value is -3.35. The van der Waals surface area contributed by atoms with Crippen LogP contribution in [0.15, 0.2) is 60.7 Å². The third kappa shape index (κ3) is 6.95. The summed E-state index contributed by atoms with van der Waals surface area (Å²) >= 11 is 0. The smallest absolute Gasteiger partial charge is 0.315 e. The lowest BCUT2D eigenvalue weighted by molar-refractivity contribution is -0.138. The fourth-order valence-electron chi connectivity index (χ4n) is 2.85. The molecule has 2 aromatic rings. The Labute approximate surface area is 170 Å². The molecular formula is C22H27N3O4. The molecule has 7 heteroatoms. The summed E-state index contributed by atoms with van der Waals surface area (Å²) in [7, 11) is 0. The molecule has 0 aliphatic carbocycles. The van der Waals surface area contributed by atoms with E-state index < -0.39 is 29.9 Å². The molecule has 2 atom stereocenters. The average molecular weight is 397 g/mol. The Morgan fingerprint density at radius 2 is 1.48 bits per heavy atom. The van der Waals surface area contributed by atoms with Crippen LogP contribution < -0.4 is 16.0 Å². The van der Waals surface area contributed by atoms with Gasteiger partial charge >= 0.3 is 12.0 Å². The van der Waals surface area contributed by atoms with Crippen molar-refractivity contribution >= 4 is 17.9 Å². The summed E-state index contributed by atoms with van der Waals surface area (Å²) in [4.78, 5) is 36.4. The molecule has 0 aliphatic rings. The van der Waals surface area contributed by atoms with Crippen molar-refractivity contribution in [2.75, 3.05) is 6.54 Å². The monoisotopic (exact) mass is 397 g/mol. The van der Waals surface area contributed by atoms with Gasteiger partial charge in [0.15, 0.2) is 0 Å². The zero-order valence-electron chi connectivity index (χ0n) is 16.6. The third-order valence-electron chi connectivity index (χ3n) is 4.51. The van der Waals surface area contributed by atoms with Gasteiger partial charge in [-0.3, -0.25) is 9.59 Å².